The number of hydrogen-bond acceptors (Lipinski definition) is 1. The van der Waals surface area contributed by atoms with Gasteiger partial charge in [-0.3, -0.25) is 0 Å². The number of hydrogen-bond donors (Lipinski definition) is 1. The van der Waals surface area contributed by atoms with Gasteiger partial charge >= 0.3 is 0 Å². The average Bonchev–Trinajstić information content (AvgIpc) is 2.70. The molecule has 0 unspecified atom stereocenters. The molecule has 1 nitrogen and oxygen atoms in total. The van der Waals surface area contributed by atoms with E-state index >= 15 is 0 Å². The van der Waals surface area contributed by atoms with Crippen molar-refractivity contribution in [1.29, 1.82) is 0 Å². The molecule has 6 aromatic carbocycles. The third-order valence-corrected chi connectivity index (χ3v) is 5.68. The molecule has 6 rings (SSSR count). The molecule has 0 aliphatic carbocycles. The molecule has 0 fully saturated rings. The first-order valence-corrected chi connectivity index (χ1v) is 9.23. The number of fused-ring (bicyclic) bond motifs is 7. The maximum atomic E-state index is 5.97. The van der Waals surface area contributed by atoms with Gasteiger partial charge < -0.3 is 5.73 Å². The molecule has 27 heavy (non-hydrogen) atoms. The molecule has 0 heterocycles. The maximum Gasteiger partial charge on any atom is 0.0320 e. The number of anilines is 1. The summed E-state index contributed by atoms with van der Waals surface area (Å²) in [6.45, 7) is 0. The van der Waals surface area contributed by atoms with Gasteiger partial charge in [0.2, 0.25) is 0 Å². The van der Waals surface area contributed by atoms with Crippen LogP contribution in [0.1, 0.15) is 0 Å². The van der Waals surface area contributed by atoms with Gasteiger partial charge in [-0.25, -0.2) is 0 Å². The Balaban J connectivity index is 1.76. The van der Waals surface area contributed by atoms with Crippen LogP contribution >= 0.6 is 0 Å². The van der Waals surface area contributed by atoms with Crippen molar-refractivity contribution in [3.8, 4) is 0 Å². The van der Waals surface area contributed by atoms with Crippen LogP contribution in [0.3, 0.4) is 0 Å². The van der Waals surface area contributed by atoms with E-state index in [9.17, 15) is 0 Å². The Morgan fingerprint density at radius 1 is 0.370 bits per heavy atom. The molecule has 0 atom stereocenters. The Hall–Kier alpha value is -3.58. The van der Waals surface area contributed by atoms with Crippen molar-refractivity contribution in [2.45, 2.75) is 0 Å². The molecule has 1 heteroatoms. The summed E-state index contributed by atoms with van der Waals surface area (Å²) in [6.07, 6.45) is 0. The van der Waals surface area contributed by atoms with Gasteiger partial charge in [-0.1, -0.05) is 54.6 Å². The highest BCUT2D eigenvalue weighted by atomic mass is 14.5. The lowest BCUT2D eigenvalue weighted by atomic mass is 9.94. The van der Waals surface area contributed by atoms with E-state index in [4.69, 9.17) is 5.73 Å². The highest BCUT2D eigenvalue weighted by Crippen LogP contribution is 2.35. The molecule has 0 radical (unpaired) electrons. The normalized spacial score (nSPS) is 11.9. The quantitative estimate of drug-likeness (QED) is 0.179. The van der Waals surface area contributed by atoms with Crippen molar-refractivity contribution in [3.63, 3.8) is 0 Å². The van der Waals surface area contributed by atoms with E-state index in [2.05, 4.69) is 78.9 Å². The van der Waals surface area contributed by atoms with Crippen molar-refractivity contribution in [2.24, 2.45) is 0 Å². The van der Waals surface area contributed by atoms with E-state index in [1.165, 1.54) is 53.9 Å². The van der Waals surface area contributed by atoms with Gasteiger partial charge in [-0.05, 0) is 90.3 Å². The number of nitrogens with two attached hydrogens (primary N) is 1. The Labute approximate surface area is 156 Å². The molecule has 6 aromatic rings. The van der Waals surface area contributed by atoms with Crippen LogP contribution in [0.2, 0.25) is 0 Å². The third kappa shape index (κ3) is 2.12. The van der Waals surface area contributed by atoms with Crippen LogP contribution in [0.5, 0.6) is 0 Å². The van der Waals surface area contributed by atoms with Crippen molar-refractivity contribution >= 4 is 59.5 Å². The summed E-state index contributed by atoms with van der Waals surface area (Å²) in [5.74, 6) is 0. The topological polar surface area (TPSA) is 26.0 Å². The summed E-state index contributed by atoms with van der Waals surface area (Å²) in [5.41, 5.74) is 6.77. The fourth-order valence-electron chi connectivity index (χ4n) is 4.34. The fraction of sp³-hybridized carbons (Fsp3) is 0. The maximum absolute atomic E-state index is 5.97. The molecule has 0 aliphatic heterocycles. The Morgan fingerprint density at radius 3 is 1.67 bits per heavy atom. The minimum atomic E-state index is 0.806. The molecular weight excluding hydrogens is 326 g/mol. The Kier molecular flexibility index (Phi) is 2.81. The molecule has 0 spiro atoms. The van der Waals surface area contributed by atoms with Gasteiger partial charge in [0, 0.05) is 5.69 Å². The predicted molar refractivity (Wildman–Crippen MR) is 118 cm³/mol. The second kappa shape index (κ2) is 5.21. The van der Waals surface area contributed by atoms with Crippen molar-refractivity contribution in [2.75, 3.05) is 5.73 Å². The zero-order valence-corrected chi connectivity index (χ0v) is 14.7. The molecule has 0 amide bonds. The molecule has 0 saturated carbocycles. The van der Waals surface area contributed by atoms with Gasteiger partial charge in [-0.2, -0.15) is 0 Å². The van der Waals surface area contributed by atoms with Crippen molar-refractivity contribution in [3.05, 3.63) is 91.0 Å². The van der Waals surface area contributed by atoms with Crippen LogP contribution in [0.25, 0.3) is 53.9 Å². The Bertz CT molecular complexity index is 1530. The van der Waals surface area contributed by atoms with Crippen LogP contribution in [-0.4, -0.2) is 0 Å². The van der Waals surface area contributed by atoms with E-state index in [0.29, 0.717) is 0 Å². The minimum absolute atomic E-state index is 0.806. The summed E-state index contributed by atoms with van der Waals surface area (Å²) in [7, 11) is 0. The molecule has 0 aromatic heterocycles. The second-order valence-electron chi connectivity index (χ2n) is 7.33. The lowest BCUT2D eigenvalue weighted by Crippen LogP contribution is -1.86. The summed E-state index contributed by atoms with van der Waals surface area (Å²) < 4.78 is 0. The highest BCUT2D eigenvalue weighted by Gasteiger charge is 2.07. The van der Waals surface area contributed by atoms with E-state index in [1.807, 2.05) is 12.1 Å². The van der Waals surface area contributed by atoms with Crippen LogP contribution in [0, 0.1) is 0 Å². The molecule has 2 N–H and O–H groups in total. The lowest BCUT2D eigenvalue weighted by Gasteiger charge is -2.10. The van der Waals surface area contributed by atoms with E-state index < -0.39 is 0 Å². The number of rotatable bonds is 0. The van der Waals surface area contributed by atoms with Gasteiger partial charge in [0.05, 0.1) is 0 Å². The molecule has 126 valence electrons. The van der Waals surface area contributed by atoms with Crippen LogP contribution in [0.4, 0.5) is 5.69 Å². The van der Waals surface area contributed by atoms with Crippen molar-refractivity contribution < 1.29 is 0 Å². The minimum Gasteiger partial charge on any atom is -0.399 e. The fourth-order valence-corrected chi connectivity index (χ4v) is 4.34. The summed E-state index contributed by atoms with van der Waals surface area (Å²) >= 11 is 0. The smallest absolute Gasteiger partial charge is 0.0320 e. The SMILES string of the molecule is Nc1ccc2c(ccc3c4cc5cc6ccccc6cc5cc4ccc23)c1. The first kappa shape index (κ1) is 14.6. The van der Waals surface area contributed by atoms with E-state index in [-0.39, 0.29) is 0 Å². The van der Waals surface area contributed by atoms with Gasteiger partial charge in [0.1, 0.15) is 0 Å². The zero-order chi connectivity index (χ0) is 18.0. The predicted octanol–water partition coefficient (Wildman–Crippen LogP) is 7.03. The summed E-state index contributed by atoms with van der Waals surface area (Å²) in [6, 6.07) is 32.8. The lowest BCUT2D eigenvalue weighted by molar-refractivity contribution is 1.75. The average molecular weight is 343 g/mol. The monoisotopic (exact) mass is 343 g/mol. The van der Waals surface area contributed by atoms with Gasteiger partial charge in [0.25, 0.3) is 0 Å². The van der Waals surface area contributed by atoms with Crippen molar-refractivity contribution in [1.82, 2.24) is 0 Å². The molecule has 0 aliphatic rings. The zero-order valence-electron chi connectivity index (χ0n) is 14.7. The summed E-state index contributed by atoms with van der Waals surface area (Å²) in [5, 5.41) is 12.7. The van der Waals surface area contributed by atoms with Crippen LogP contribution < -0.4 is 5.73 Å². The van der Waals surface area contributed by atoms with Crippen LogP contribution in [0.15, 0.2) is 91.0 Å². The van der Waals surface area contributed by atoms with Gasteiger partial charge in [0.15, 0.2) is 0 Å². The first-order valence-electron chi connectivity index (χ1n) is 9.23. The van der Waals surface area contributed by atoms with Crippen LogP contribution in [-0.2, 0) is 0 Å². The molecule has 0 saturated heterocycles. The van der Waals surface area contributed by atoms with E-state index in [0.717, 1.165) is 5.69 Å². The molecular formula is C26H17N. The van der Waals surface area contributed by atoms with Gasteiger partial charge in [-0.15, -0.1) is 0 Å². The number of nitrogen functional groups attached to an aromatic ring is 1. The first-order chi connectivity index (χ1) is 13.3. The largest absolute Gasteiger partial charge is 0.399 e. The van der Waals surface area contributed by atoms with E-state index in [1.54, 1.807) is 0 Å². The standard InChI is InChI=1S/C26H17N/c27-22-7-10-23-19(14-22)6-9-25-24(23)8-5-18-13-20-11-16-3-1-2-4-17(16)12-21(20)15-26(18)25/h1-15H,27H2. The highest BCUT2D eigenvalue weighted by molar-refractivity contribution is 6.20. The number of benzene rings is 6. The molecule has 0 bridgehead atoms. The third-order valence-electron chi connectivity index (χ3n) is 5.68. The Morgan fingerprint density at radius 2 is 0.926 bits per heavy atom. The second-order valence-corrected chi connectivity index (χ2v) is 7.33. The summed E-state index contributed by atoms with van der Waals surface area (Å²) in [4.78, 5) is 0.